The molecule has 0 saturated heterocycles. The lowest BCUT2D eigenvalue weighted by atomic mass is 10.1. The van der Waals surface area contributed by atoms with Crippen molar-refractivity contribution in [1.29, 1.82) is 0 Å². The summed E-state index contributed by atoms with van der Waals surface area (Å²) in [5.74, 6) is 0. The number of likely N-dealkylation sites (N-methyl/N-ethyl adjacent to an activating group) is 2. The molecule has 0 aliphatic carbocycles. The van der Waals surface area contributed by atoms with Gasteiger partial charge in [0, 0.05) is 6.04 Å². The van der Waals surface area contributed by atoms with Gasteiger partial charge in [-0.15, -0.1) is 0 Å². The third-order valence-corrected chi connectivity index (χ3v) is 3.45. The predicted octanol–water partition coefficient (Wildman–Crippen LogP) is -0.749. The Hall–Kier alpha value is 0.0969. The van der Waals surface area contributed by atoms with Crippen LogP contribution in [0.1, 0.15) is 13.8 Å². The van der Waals surface area contributed by atoms with E-state index in [-0.39, 0.29) is 15.3 Å². The first kappa shape index (κ1) is 11.1. The highest BCUT2D eigenvalue weighted by Gasteiger charge is 2.26. The molecule has 2 atom stereocenters. The van der Waals surface area contributed by atoms with Gasteiger partial charge in [-0.25, -0.2) is 0 Å². The monoisotopic (exact) mass is 175 g/mol. The van der Waals surface area contributed by atoms with E-state index in [0.29, 0.717) is 6.04 Å². The Bertz CT molecular complexity index is 110. The maximum absolute atomic E-state index is 3.52. The Morgan fingerprint density at radius 1 is 1.36 bits per heavy atom. The number of hydrogen-bond acceptors (Lipinski definition) is 3. The highest BCUT2D eigenvalue weighted by molar-refractivity contribution is 6.30. The Morgan fingerprint density at radius 2 is 1.91 bits per heavy atom. The summed E-state index contributed by atoms with van der Waals surface area (Å²) in [6.45, 7) is 6.61. The Morgan fingerprint density at radius 3 is 2.18 bits per heavy atom. The van der Waals surface area contributed by atoms with Crippen molar-refractivity contribution in [3.8, 4) is 0 Å². The summed E-state index contributed by atoms with van der Waals surface area (Å²) in [7, 11) is 3.87. The van der Waals surface area contributed by atoms with E-state index in [2.05, 4.69) is 36.0 Å². The number of nitrogens with one attached hydrogen (secondary N) is 3. The second-order valence-electron chi connectivity index (χ2n) is 2.99. The van der Waals surface area contributed by atoms with E-state index in [0.717, 1.165) is 0 Å². The molecule has 0 aromatic heterocycles. The average molecular weight is 175 g/mol. The highest BCUT2D eigenvalue weighted by Crippen LogP contribution is 2.03. The van der Waals surface area contributed by atoms with Crippen LogP contribution in [0.15, 0.2) is 0 Å². The van der Waals surface area contributed by atoms with Gasteiger partial charge in [0.1, 0.15) is 0 Å². The molecule has 0 fully saturated rings. The van der Waals surface area contributed by atoms with Crippen molar-refractivity contribution in [3.05, 3.63) is 0 Å². The molecule has 0 rings (SSSR count). The Labute approximate surface area is 72.2 Å². The fourth-order valence-electron chi connectivity index (χ4n) is 1.11. The molecule has 3 N–H and O–H groups in total. The van der Waals surface area contributed by atoms with E-state index in [4.69, 9.17) is 0 Å². The summed E-state index contributed by atoms with van der Waals surface area (Å²) >= 11 is 0. The van der Waals surface area contributed by atoms with Gasteiger partial charge in [0.15, 0.2) is 0 Å². The molecule has 2 unspecified atom stereocenters. The molecule has 11 heavy (non-hydrogen) atoms. The van der Waals surface area contributed by atoms with Crippen LogP contribution in [0.25, 0.3) is 0 Å². The molecule has 4 heteroatoms. The van der Waals surface area contributed by atoms with Crippen LogP contribution in [0.5, 0.6) is 0 Å². The highest BCUT2D eigenvalue weighted by atomic mass is 28.2. The molecule has 0 amide bonds. The minimum absolute atomic E-state index is 0.0513. The second-order valence-corrected chi connectivity index (χ2v) is 4.05. The summed E-state index contributed by atoms with van der Waals surface area (Å²) < 4.78 is 0. The molecule has 0 radical (unpaired) electrons. The molecule has 0 heterocycles. The molecular weight excluding hydrogens is 154 g/mol. The van der Waals surface area contributed by atoms with E-state index in [1.54, 1.807) is 0 Å². The van der Waals surface area contributed by atoms with Crippen LogP contribution in [-0.4, -0.2) is 35.5 Å². The van der Waals surface area contributed by atoms with Crippen LogP contribution < -0.4 is 15.6 Å². The van der Waals surface area contributed by atoms with Crippen LogP contribution >= 0.6 is 0 Å². The molecule has 0 aromatic carbocycles. The van der Waals surface area contributed by atoms with Gasteiger partial charge < -0.3 is 15.6 Å². The maximum atomic E-state index is 3.52. The van der Waals surface area contributed by atoms with Crippen molar-refractivity contribution < 1.29 is 0 Å². The SMILES string of the molecule is CNC(C)C(C)(NC)N[SiH2]C. The van der Waals surface area contributed by atoms with E-state index in [1.165, 1.54) is 0 Å². The summed E-state index contributed by atoms with van der Waals surface area (Å²) in [6.07, 6.45) is 0. The lowest BCUT2D eigenvalue weighted by Gasteiger charge is -2.36. The summed E-state index contributed by atoms with van der Waals surface area (Å²) in [6, 6.07) is 0.444. The van der Waals surface area contributed by atoms with Gasteiger partial charge in [0.25, 0.3) is 0 Å². The topological polar surface area (TPSA) is 36.1 Å². The zero-order valence-electron chi connectivity index (χ0n) is 8.28. The fraction of sp³-hybridized carbons (Fsp3) is 1.00. The average Bonchev–Trinajstić information content (AvgIpc) is 2.03. The van der Waals surface area contributed by atoms with E-state index >= 15 is 0 Å². The van der Waals surface area contributed by atoms with E-state index < -0.39 is 0 Å². The van der Waals surface area contributed by atoms with Crippen LogP contribution in [-0.2, 0) is 0 Å². The molecule has 68 valence electrons. The van der Waals surface area contributed by atoms with Crippen molar-refractivity contribution in [2.24, 2.45) is 0 Å². The van der Waals surface area contributed by atoms with Gasteiger partial charge in [-0.3, -0.25) is 0 Å². The van der Waals surface area contributed by atoms with Crippen LogP contribution in [0.4, 0.5) is 0 Å². The lowest BCUT2D eigenvalue weighted by Crippen LogP contribution is -2.64. The van der Waals surface area contributed by atoms with Gasteiger partial charge >= 0.3 is 0 Å². The molecule has 0 saturated carbocycles. The van der Waals surface area contributed by atoms with Crippen molar-refractivity contribution in [3.63, 3.8) is 0 Å². The fourth-order valence-corrected chi connectivity index (χ4v) is 2.33. The molecule has 0 spiro atoms. The quantitative estimate of drug-likeness (QED) is 0.380. The van der Waals surface area contributed by atoms with E-state index in [9.17, 15) is 0 Å². The Kier molecular flexibility index (Phi) is 4.91. The van der Waals surface area contributed by atoms with Gasteiger partial charge in [-0.1, -0.05) is 6.55 Å². The third kappa shape index (κ3) is 2.90. The standard InChI is InChI=1S/C7H21N3Si/c1-6(8-3)7(2,9-4)10-11-5/h6,8-10H,11H2,1-5H3. The van der Waals surface area contributed by atoms with Gasteiger partial charge in [0.2, 0.25) is 0 Å². The molecule has 0 aromatic rings. The zero-order chi connectivity index (χ0) is 8.91. The molecule has 3 nitrogen and oxygen atoms in total. The maximum Gasteiger partial charge on any atom is 0.0907 e. The van der Waals surface area contributed by atoms with E-state index in [1.807, 2.05) is 14.1 Å². The first-order valence-corrected chi connectivity index (χ1v) is 6.34. The van der Waals surface area contributed by atoms with Crippen LogP contribution in [0.2, 0.25) is 6.55 Å². The summed E-state index contributed by atoms with van der Waals surface area (Å²) in [4.78, 5) is 3.52. The van der Waals surface area contributed by atoms with Crippen molar-refractivity contribution in [2.75, 3.05) is 14.1 Å². The van der Waals surface area contributed by atoms with Crippen molar-refractivity contribution in [2.45, 2.75) is 32.1 Å². The molecular formula is C7H21N3Si. The first-order valence-electron chi connectivity index (χ1n) is 4.22. The Balaban J connectivity index is 4.07. The molecule has 0 bridgehead atoms. The lowest BCUT2D eigenvalue weighted by molar-refractivity contribution is 0.277. The third-order valence-electron chi connectivity index (χ3n) is 2.36. The van der Waals surface area contributed by atoms with Gasteiger partial charge in [-0.2, -0.15) is 0 Å². The van der Waals surface area contributed by atoms with Gasteiger partial charge in [0.05, 0.1) is 15.3 Å². The summed E-state index contributed by atoms with van der Waals surface area (Å²) in [5, 5.41) is 6.53. The first-order chi connectivity index (χ1) is 5.10. The zero-order valence-corrected chi connectivity index (χ0v) is 9.70. The smallest absolute Gasteiger partial charge is 0.0907 e. The van der Waals surface area contributed by atoms with Gasteiger partial charge in [-0.05, 0) is 27.9 Å². The van der Waals surface area contributed by atoms with Crippen LogP contribution in [0, 0.1) is 0 Å². The minimum Gasteiger partial charge on any atom is -0.325 e. The largest absolute Gasteiger partial charge is 0.325 e. The number of rotatable bonds is 5. The molecule has 0 aliphatic rings. The minimum atomic E-state index is -0.106. The van der Waals surface area contributed by atoms with Crippen LogP contribution in [0.3, 0.4) is 0 Å². The summed E-state index contributed by atoms with van der Waals surface area (Å²) in [5.41, 5.74) is 0.0513. The second kappa shape index (κ2) is 4.87. The van der Waals surface area contributed by atoms with Crippen molar-refractivity contribution >= 4 is 9.68 Å². The normalized spacial score (nSPS) is 20.5. The predicted molar refractivity (Wildman–Crippen MR) is 53.5 cm³/mol. The number of hydrogen-bond donors (Lipinski definition) is 3. The van der Waals surface area contributed by atoms with Crippen molar-refractivity contribution in [1.82, 2.24) is 15.6 Å². The molecule has 0 aliphatic heterocycles.